The number of aliphatic imine (C=N–C) groups is 1. The van der Waals surface area contributed by atoms with Gasteiger partial charge in [0.15, 0.2) is 0 Å². The molecule has 0 bridgehead atoms. The fraction of sp³-hybridized carbons (Fsp3) is 0.250. The van der Waals surface area contributed by atoms with Crippen molar-refractivity contribution >= 4 is 6.21 Å². The van der Waals surface area contributed by atoms with Crippen LogP contribution in [0.25, 0.3) is 0 Å². The van der Waals surface area contributed by atoms with Gasteiger partial charge in [-0.05, 0) is 19.4 Å². The van der Waals surface area contributed by atoms with Gasteiger partial charge in [0.25, 0.3) is 0 Å². The molecule has 0 aliphatic heterocycles. The summed E-state index contributed by atoms with van der Waals surface area (Å²) >= 11 is 0. The maximum atomic E-state index is 4.21. The van der Waals surface area contributed by atoms with Gasteiger partial charge >= 0.3 is 0 Å². The normalized spacial score (nSPS) is 13.1. The molecular weight excluding hydrogens is 172 g/mol. The lowest BCUT2D eigenvalue weighted by Crippen LogP contribution is -2.07. The molecule has 0 spiro atoms. The highest BCUT2D eigenvalue weighted by Crippen LogP contribution is 2.13. The Morgan fingerprint density at radius 2 is 2.07 bits per heavy atom. The van der Waals surface area contributed by atoms with Crippen molar-refractivity contribution in [3.63, 3.8) is 0 Å². The molecule has 14 heavy (non-hydrogen) atoms. The first kappa shape index (κ1) is 12.4. The van der Waals surface area contributed by atoms with Crippen molar-refractivity contribution in [1.29, 1.82) is 0 Å². The number of hydrogen-bond donors (Lipinski definition) is 1. The van der Waals surface area contributed by atoms with Crippen LogP contribution in [0.3, 0.4) is 0 Å². The molecule has 0 aromatic rings. The van der Waals surface area contributed by atoms with E-state index in [0.717, 1.165) is 17.0 Å². The highest BCUT2D eigenvalue weighted by Gasteiger charge is 2.00. The summed E-state index contributed by atoms with van der Waals surface area (Å²) in [4.78, 5) is 4.21. The Balaban J connectivity index is 5.18. The van der Waals surface area contributed by atoms with E-state index in [9.17, 15) is 0 Å². The van der Waals surface area contributed by atoms with E-state index in [-0.39, 0.29) is 0 Å². The maximum absolute atomic E-state index is 4.21. The number of allylic oxidation sites excluding steroid dienone is 5. The van der Waals surface area contributed by atoms with Crippen LogP contribution < -0.4 is 5.32 Å². The van der Waals surface area contributed by atoms with Gasteiger partial charge in [0, 0.05) is 18.8 Å². The summed E-state index contributed by atoms with van der Waals surface area (Å²) in [6.07, 6.45) is 7.28. The van der Waals surface area contributed by atoms with E-state index >= 15 is 0 Å². The zero-order valence-electron chi connectivity index (χ0n) is 9.17. The lowest BCUT2D eigenvalue weighted by Gasteiger charge is -2.07. The second-order valence-corrected chi connectivity index (χ2v) is 2.77. The van der Waals surface area contributed by atoms with Crippen LogP contribution in [0.15, 0.2) is 53.3 Å². The molecule has 0 rings (SSSR count). The maximum Gasteiger partial charge on any atom is 0.132 e. The Morgan fingerprint density at radius 3 is 2.43 bits per heavy atom. The molecule has 0 aromatic carbocycles. The van der Waals surface area contributed by atoms with Gasteiger partial charge in [0.2, 0.25) is 0 Å². The van der Waals surface area contributed by atoms with Crippen LogP contribution in [-0.2, 0) is 0 Å². The van der Waals surface area contributed by atoms with E-state index in [1.807, 2.05) is 33.0 Å². The van der Waals surface area contributed by atoms with Gasteiger partial charge in [-0.1, -0.05) is 31.4 Å². The van der Waals surface area contributed by atoms with Crippen molar-refractivity contribution in [2.45, 2.75) is 13.8 Å². The largest absolute Gasteiger partial charge is 0.373 e. The zero-order chi connectivity index (χ0) is 11.0. The summed E-state index contributed by atoms with van der Waals surface area (Å²) in [7, 11) is 1.84. The van der Waals surface area contributed by atoms with E-state index in [4.69, 9.17) is 0 Å². The summed E-state index contributed by atoms with van der Waals surface area (Å²) in [5.41, 5.74) is 1.96. The third-order valence-electron chi connectivity index (χ3n) is 1.61. The molecule has 0 fully saturated rings. The summed E-state index contributed by atoms with van der Waals surface area (Å²) in [6, 6.07) is 0. The number of rotatable bonds is 5. The molecule has 2 heteroatoms. The highest BCUT2D eigenvalue weighted by molar-refractivity contribution is 5.56. The van der Waals surface area contributed by atoms with Gasteiger partial charge in [-0.15, -0.1) is 0 Å². The fourth-order valence-corrected chi connectivity index (χ4v) is 0.985. The van der Waals surface area contributed by atoms with Crippen molar-refractivity contribution in [1.82, 2.24) is 5.32 Å². The number of nitrogens with zero attached hydrogens (tertiary/aromatic N) is 1. The lowest BCUT2D eigenvalue weighted by atomic mass is 10.1. The highest BCUT2D eigenvalue weighted by atomic mass is 15.0. The van der Waals surface area contributed by atoms with Crippen LogP contribution in [0.2, 0.25) is 0 Å². The standard InChI is InChI=1S/C12H18N2/c1-6-8-9-11(10(3)4)12(13-5)14-7-2/h6-9,13H,1,3H2,2,4-5H3/b9-8-,12-11-,14-7-. The van der Waals surface area contributed by atoms with Crippen LogP contribution in [0.4, 0.5) is 0 Å². The van der Waals surface area contributed by atoms with Gasteiger partial charge in [-0.3, -0.25) is 0 Å². The molecule has 0 aliphatic rings. The van der Waals surface area contributed by atoms with Crippen molar-refractivity contribution < 1.29 is 0 Å². The van der Waals surface area contributed by atoms with Crippen molar-refractivity contribution in [2.75, 3.05) is 7.05 Å². The first-order valence-corrected chi connectivity index (χ1v) is 4.53. The minimum Gasteiger partial charge on any atom is -0.373 e. The summed E-state index contributed by atoms with van der Waals surface area (Å²) in [5.74, 6) is 0.818. The summed E-state index contributed by atoms with van der Waals surface area (Å²) in [6.45, 7) is 11.4. The van der Waals surface area contributed by atoms with Crippen molar-refractivity contribution in [3.8, 4) is 0 Å². The van der Waals surface area contributed by atoms with Gasteiger partial charge < -0.3 is 5.32 Å². The second-order valence-electron chi connectivity index (χ2n) is 2.77. The molecule has 76 valence electrons. The SMILES string of the molecule is C=C\C=C/C(C(=C)C)=C(/N=C\C)NC. The van der Waals surface area contributed by atoms with E-state index in [1.54, 1.807) is 12.3 Å². The molecule has 0 aromatic heterocycles. The zero-order valence-corrected chi connectivity index (χ0v) is 9.17. The molecule has 0 atom stereocenters. The van der Waals surface area contributed by atoms with Crippen LogP contribution in [0.1, 0.15) is 13.8 Å². The smallest absolute Gasteiger partial charge is 0.132 e. The van der Waals surface area contributed by atoms with E-state index in [2.05, 4.69) is 23.5 Å². The monoisotopic (exact) mass is 190 g/mol. The fourth-order valence-electron chi connectivity index (χ4n) is 0.985. The van der Waals surface area contributed by atoms with Crippen LogP contribution in [0.5, 0.6) is 0 Å². The Labute approximate surface area is 86.4 Å². The third kappa shape index (κ3) is 3.90. The molecule has 0 saturated carbocycles. The second kappa shape index (κ2) is 6.89. The van der Waals surface area contributed by atoms with Crippen LogP contribution in [-0.4, -0.2) is 13.3 Å². The minimum atomic E-state index is 0.818. The van der Waals surface area contributed by atoms with Gasteiger partial charge in [-0.25, -0.2) is 4.99 Å². The topological polar surface area (TPSA) is 24.4 Å². The third-order valence-corrected chi connectivity index (χ3v) is 1.61. The number of hydrogen-bond acceptors (Lipinski definition) is 2. The van der Waals surface area contributed by atoms with Crippen molar-refractivity contribution in [2.24, 2.45) is 4.99 Å². The molecule has 0 aliphatic carbocycles. The summed E-state index contributed by atoms with van der Waals surface area (Å²) in [5, 5.41) is 3.03. The Morgan fingerprint density at radius 1 is 1.43 bits per heavy atom. The molecular formula is C12H18N2. The Bertz CT molecular complexity index is 293. The number of nitrogens with one attached hydrogen (secondary N) is 1. The minimum absolute atomic E-state index is 0.818. The predicted octanol–water partition coefficient (Wildman–Crippen LogP) is 2.83. The van der Waals surface area contributed by atoms with E-state index in [0.29, 0.717) is 0 Å². The van der Waals surface area contributed by atoms with Gasteiger partial charge in [0.05, 0.1) is 0 Å². The van der Waals surface area contributed by atoms with E-state index < -0.39 is 0 Å². The average Bonchev–Trinajstić information content (AvgIpc) is 2.16. The van der Waals surface area contributed by atoms with Crippen molar-refractivity contribution in [3.05, 3.63) is 48.4 Å². The van der Waals surface area contributed by atoms with Gasteiger partial charge in [-0.2, -0.15) is 0 Å². The molecule has 1 N–H and O–H groups in total. The van der Waals surface area contributed by atoms with Crippen LogP contribution in [0, 0.1) is 0 Å². The molecule has 0 heterocycles. The lowest BCUT2D eigenvalue weighted by molar-refractivity contribution is 0.950. The first-order chi connectivity index (χ1) is 6.67. The van der Waals surface area contributed by atoms with Gasteiger partial charge in [0.1, 0.15) is 5.82 Å². The first-order valence-electron chi connectivity index (χ1n) is 4.53. The summed E-state index contributed by atoms with van der Waals surface area (Å²) < 4.78 is 0. The van der Waals surface area contributed by atoms with E-state index in [1.165, 1.54) is 0 Å². The average molecular weight is 190 g/mol. The van der Waals surface area contributed by atoms with Crippen LogP contribution >= 0.6 is 0 Å². The predicted molar refractivity (Wildman–Crippen MR) is 64.4 cm³/mol. The molecule has 2 nitrogen and oxygen atoms in total. The molecule has 0 amide bonds. The molecule has 0 radical (unpaired) electrons. The quantitative estimate of drug-likeness (QED) is 0.523. The Kier molecular flexibility index (Phi) is 6.12. The Hall–Kier alpha value is -1.57. The molecule has 0 saturated heterocycles. The molecule has 0 unspecified atom stereocenters.